The molecule has 3 aromatic rings. The van der Waals surface area contributed by atoms with E-state index >= 15 is 0 Å². The third-order valence-corrected chi connectivity index (χ3v) is 8.31. The van der Waals surface area contributed by atoms with E-state index in [4.69, 9.17) is 5.14 Å². The highest BCUT2D eigenvalue weighted by atomic mass is 32.2. The van der Waals surface area contributed by atoms with Crippen LogP contribution >= 0.6 is 23.1 Å². The van der Waals surface area contributed by atoms with Gasteiger partial charge in [-0.05, 0) is 72.6 Å². The molecule has 8 nitrogen and oxygen atoms in total. The Morgan fingerprint density at radius 3 is 2.89 bits per heavy atom. The zero-order valence-electron chi connectivity index (χ0n) is 19.2. The van der Waals surface area contributed by atoms with E-state index in [2.05, 4.69) is 32.4 Å². The van der Waals surface area contributed by atoms with Crippen LogP contribution in [0.2, 0.25) is 0 Å². The summed E-state index contributed by atoms with van der Waals surface area (Å²) in [6.45, 7) is -0.163. The molecule has 11 heteroatoms. The van der Waals surface area contributed by atoms with Crippen molar-refractivity contribution in [1.29, 1.82) is 0 Å². The third kappa shape index (κ3) is 6.96. The quantitative estimate of drug-likeness (QED) is 0.300. The molecule has 0 saturated heterocycles. The van der Waals surface area contributed by atoms with Crippen molar-refractivity contribution < 1.29 is 22.5 Å². The Labute approximate surface area is 213 Å². The number of aromatic nitrogens is 2. The van der Waals surface area contributed by atoms with Crippen molar-refractivity contribution >= 4 is 39.2 Å². The fourth-order valence-electron chi connectivity index (χ4n) is 4.46. The number of hydrogen-bond donors (Lipinski definition) is 2. The summed E-state index contributed by atoms with van der Waals surface area (Å²) < 4.78 is 26.8. The highest BCUT2D eigenvalue weighted by Gasteiger charge is 2.35. The van der Waals surface area contributed by atoms with E-state index in [1.165, 1.54) is 28.1 Å². The van der Waals surface area contributed by atoms with Crippen molar-refractivity contribution in [3.05, 3.63) is 75.5 Å². The van der Waals surface area contributed by atoms with E-state index in [0.29, 0.717) is 35.4 Å². The topological polar surface area (TPSA) is 132 Å². The highest BCUT2D eigenvalue weighted by molar-refractivity contribution is 7.98. The lowest BCUT2D eigenvalue weighted by Gasteiger charge is -2.13. The molecule has 1 aromatic carbocycles. The summed E-state index contributed by atoms with van der Waals surface area (Å²) in [6.07, 6.45) is 6.54. The molecule has 4 rings (SSSR count). The van der Waals surface area contributed by atoms with Crippen LogP contribution in [0.15, 0.2) is 53.1 Å². The van der Waals surface area contributed by atoms with Crippen molar-refractivity contribution in [3.8, 4) is 0 Å². The number of carbonyl (C=O) groups excluding carboxylic acids is 1. The van der Waals surface area contributed by atoms with Gasteiger partial charge in [0.05, 0.1) is 28.8 Å². The van der Waals surface area contributed by atoms with E-state index in [1.807, 2.05) is 23.8 Å². The van der Waals surface area contributed by atoms with E-state index in [-0.39, 0.29) is 24.2 Å². The number of rotatable bonds is 10. The number of ketones is 1. The van der Waals surface area contributed by atoms with Crippen LogP contribution in [0.25, 0.3) is 0 Å². The summed E-state index contributed by atoms with van der Waals surface area (Å²) in [6, 6.07) is 10.3. The van der Waals surface area contributed by atoms with Crippen LogP contribution in [0, 0.1) is 11.8 Å². The molecule has 1 fully saturated rings. The fourth-order valence-corrected chi connectivity index (χ4v) is 6.18. The Balaban J connectivity index is 1.44. The molecule has 0 spiro atoms. The normalized spacial score (nSPS) is 20.3. The Morgan fingerprint density at radius 2 is 2.11 bits per heavy atom. The Hall–Kier alpha value is -2.15. The summed E-state index contributed by atoms with van der Waals surface area (Å²) in [4.78, 5) is 23.6. The minimum atomic E-state index is -4.06. The number of nitrogens with zero attached hydrogens (tertiary/aromatic N) is 2. The molecule has 2 aromatic heterocycles. The maximum absolute atomic E-state index is 13.3. The predicted octanol–water partition coefficient (Wildman–Crippen LogP) is 3.23. The molecule has 0 aliphatic heterocycles. The predicted molar refractivity (Wildman–Crippen MR) is 136 cm³/mol. The molecular formula is C24H27N3O5S3. The van der Waals surface area contributed by atoms with E-state index in [9.17, 15) is 18.3 Å². The maximum Gasteiger partial charge on any atom is 0.333 e. The molecule has 1 saturated carbocycles. The lowest BCUT2D eigenvalue weighted by molar-refractivity contribution is 0.100. The Kier molecular flexibility index (Phi) is 8.35. The first-order valence-corrected chi connectivity index (χ1v) is 14.7. The number of aliphatic hydroxyl groups is 1. The first-order chi connectivity index (χ1) is 16.7. The molecule has 2 heterocycles. The van der Waals surface area contributed by atoms with Gasteiger partial charge in [0.1, 0.15) is 6.33 Å². The lowest BCUT2D eigenvalue weighted by Crippen LogP contribution is -2.24. The second-order valence-electron chi connectivity index (χ2n) is 8.71. The van der Waals surface area contributed by atoms with Gasteiger partial charge in [0.2, 0.25) is 5.78 Å². The summed E-state index contributed by atoms with van der Waals surface area (Å²) >= 11 is 3.11. The van der Waals surface area contributed by atoms with Gasteiger partial charge < -0.3 is 5.11 Å². The molecular weight excluding hydrogens is 506 g/mol. The molecule has 186 valence electrons. The molecule has 1 aliphatic carbocycles. The van der Waals surface area contributed by atoms with Crippen LogP contribution in [0.4, 0.5) is 0 Å². The van der Waals surface area contributed by atoms with Crippen LogP contribution in [0.5, 0.6) is 0 Å². The monoisotopic (exact) mass is 533 g/mol. The Morgan fingerprint density at radius 1 is 1.29 bits per heavy atom. The van der Waals surface area contributed by atoms with E-state index in [1.54, 1.807) is 18.0 Å². The first kappa shape index (κ1) is 25.9. The van der Waals surface area contributed by atoms with Crippen molar-refractivity contribution in [3.63, 3.8) is 0 Å². The van der Waals surface area contributed by atoms with Crippen LogP contribution in [0.3, 0.4) is 0 Å². The second-order valence-corrected chi connectivity index (χ2v) is 11.7. The number of benzene rings is 1. The molecule has 1 aliphatic rings. The molecule has 0 amide bonds. The lowest BCUT2D eigenvalue weighted by atomic mass is 9.96. The average molecular weight is 534 g/mol. The first-order valence-electron chi connectivity index (χ1n) is 11.1. The highest BCUT2D eigenvalue weighted by Crippen LogP contribution is 2.34. The van der Waals surface area contributed by atoms with Crippen molar-refractivity contribution in [2.75, 3.05) is 12.9 Å². The van der Waals surface area contributed by atoms with Crippen LogP contribution in [-0.2, 0) is 27.3 Å². The third-order valence-electron chi connectivity index (χ3n) is 6.14. The van der Waals surface area contributed by atoms with Crippen LogP contribution < -0.4 is 5.14 Å². The summed E-state index contributed by atoms with van der Waals surface area (Å²) in [5.74, 6) is -0.436. The van der Waals surface area contributed by atoms with Crippen molar-refractivity contribution in [2.45, 2.75) is 36.7 Å². The second kappa shape index (κ2) is 11.3. The smallest absolute Gasteiger partial charge is 0.333 e. The fraction of sp³-hybridized carbons (Fsp3) is 0.375. The van der Waals surface area contributed by atoms with Gasteiger partial charge in [-0.15, -0.1) is 23.1 Å². The maximum atomic E-state index is 13.3. The average Bonchev–Trinajstić information content (AvgIpc) is 3.43. The van der Waals surface area contributed by atoms with Crippen LogP contribution in [-0.4, -0.2) is 48.2 Å². The SMILES string of the molecule is CSc1cccc(Cc2csc(C(=O)c3cncnc3C[C@@H]3C[C@H](COS(N)(=O)=O)[C@@H](O)C3)c2)c1. The minimum absolute atomic E-state index is 0.0307. The molecule has 35 heavy (non-hydrogen) atoms. The van der Waals surface area contributed by atoms with E-state index in [0.717, 1.165) is 12.0 Å². The summed E-state index contributed by atoms with van der Waals surface area (Å²) in [7, 11) is -4.06. The Bertz CT molecular complexity index is 1290. The zero-order valence-corrected chi connectivity index (χ0v) is 21.6. The van der Waals surface area contributed by atoms with Crippen molar-refractivity contribution in [2.24, 2.45) is 17.0 Å². The van der Waals surface area contributed by atoms with Gasteiger partial charge in [-0.25, -0.2) is 15.1 Å². The largest absolute Gasteiger partial charge is 0.393 e. The number of hydrogen-bond acceptors (Lipinski definition) is 9. The standard InChI is InChI=1S/C24H27N3O5S3/c1-33-19-4-2-3-15(7-19)5-17-10-23(34-13-17)24(29)20-11-26-14-27-21(20)8-16-6-18(22(28)9-16)12-32-35(25,30)31/h2-4,7,10-11,13-14,16,18,22,28H,5-6,8-9,12H2,1H3,(H2,25,30,31)/t16-,18+,22-/m0/s1. The van der Waals surface area contributed by atoms with Gasteiger partial charge in [0, 0.05) is 17.0 Å². The van der Waals surface area contributed by atoms with Crippen LogP contribution in [0.1, 0.15) is 44.9 Å². The van der Waals surface area contributed by atoms with Gasteiger partial charge in [-0.3, -0.25) is 8.98 Å². The van der Waals surface area contributed by atoms with Gasteiger partial charge in [0.25, 0.3) is 0 Å². The zero-order chi connectivity index (χ0) is 25.0. The molecule has 0 radical (unpaired) electrons. The van der Waals surface area contributed by atoms with Gasteiger partial charge >= 0.3 is 10.3 Å². The molecule has 3 N–H and O–H groups in total. The van der Waals surface area contributed by atoms with E-state index < -0.39 is 16.4 Å². The number of thiophene rings is 1. The van der Waals surface area contributed by atoms with Gasteiger partial charge in [0.15, 0.2) is 0 Å². The number of thioether (sulfide) groups is 1. The van der Waals surface area contributed by atoms with Gasteiger partial charge in [-0.1, -0.05) is 12.1 Å². The number of carbonyl (C=O) groups is 1. The number of aliphatic hydroxyl groups excluding tert-OH is 1. The van der Waals surface area contributed by atoms with Gasteiger partial charge in [-0.2, -0.15) is 8.42 Å². The molecule has 3 atom stereocenters. The minimum Gasteiger partial charge on any atom is -0.393 e. The van der Waals surface area contributed by atoms with Crippen molar-refractivity contribution in [1.82, 2.24) is 9.97 Å². The summed E-state index contributed by atoms with van der Waals surface area (Å²) in [5.41, 5.74) is 3.34. The molecule has 0 bridgehead atoms. The number of nitrogens with two attached hydrogens (primary N) is 1. The molecule has 0 unspecified atom stereocenters. The summed E-state index contributed by atoms with van der Waals surface area (Å²) in [5, 5.41) is 17.2.